The minimum Gasteiger partial charge on any atom is -0.287 e. The number of hydrogen-bond acceptors (Lipinski definition) is 3. The number of hydrogen-bond donors (Lipinski definition) is 0. The van der Waals surface area contributed by atoms with E-state index in [2.05, 4.69) is 10.0 Å². The molecule has 0 aliphatic carbocycles. The molecule has 14 heavy (non-hydrogen) atoms. The summed E-state index contributed by atoms with van der Waals surface area (Å²) in [5.41, 5.74) is 8.73. The first-order chi connectivity index (χ1) is 6.76. The Bertz CT molecular complexity index is 368. The second-order valence-electron chi connectivity index (χ2n) is 2.51. The van der Waals surface area contributed by atoms with E-state index in [1.165, 1.54) is 11.8 Å². The average molecular weight is 207 g/mol. The van der Waals surface area contributed by atoms with E-state index in [0.29, 0.717) is 12.1 Å². The number of rotatable bonds is 3. The molecule has 0 fully saturated rings. The van der Waals surface area contributed by atoms with Crippen molar-refractivity contribution < 1.29 is 4.79 Å². The molecule has 0 aromatic heterocycles. The van der Waals surface area contributed by atoms with Gasteiger partial charge < -0.3 is 0 Å². The van der Waals surface area contributed by atoms with Crippen LogP contribution in [-0.2, 0) is 4.79 Å². The van der Waals surface area contributed by atoms with Crippen molar-refractivity contribution in [2.24, 2.45) is 5.11 Å². The number of nitrogens with zero attached hydrogens (tertiary/aromatic N) is 3. The number of azide groups is 1. The quantitative estimate of drug-likeness (QED) is 0.328. The molecule has 0 N–H and O–H groups in total. The zero-order valence-electron chi connectivity index (χ0n) is 7.67. The van der Waals surface area contributed by atoms with E-state index < -0.39 is 0 Å². The normalized spacial score (nSPS) is 9.21. The van der Waals surface area contributed by atoms with Gasteiger partial charge in [-0.2, -0.15) is 0 Å². The van der Waals surface area contributed by atoms with Crippen LogP contribution in [0.15, 0.2) is 34.3 Å². The van der Waals surface area contributed by atoms with Crippen LogP contribution in [0.5, 0.6) is 0 Å². The Morgan fingerprint density at radius 3 is 2.64 bits per heavy atom. The van der Waals surface area contributed by atoms with E-state index in [9.17, 15) is 4.79 Å². The summed E-state index contributed by atoms with van der Waals surface area (Å²) in [6, 6.07) is 6.90. The fourth-order valence-corrected chi connectivity index (χ4v) is 1.52. The molecule has 0 saturated heterocycles. The first-order valence-corrected chi connectivity index (χ1v) is 4.93. The van der Waals surface area contributed by atoms with Crippen molar-refractivity contribution in [3.8, 4) is 0 Å². The molecule has 0 saturated carbocycles. The van der Waals surface area contributed by atoms with Gasteiger partial charge in [0, 0.05) is 21.9 Å². The lowest BCUT2D eigenvalue weighted by Gasteiger charge is -1.98. The predicted molar refractivity (Wildman–Crippen MR) is 56.4 cm³/mol. The molecule has 0 radical (unpaired) electrons. The third-order valence-corrected chi connectivity index (χ3v) is 2.54. The first kappa shape index (κ1) is 10.6. The molecule has 5 heteroatoms. The van der Waals surface area contributed by atoms with Crippen molar-refractivity contribution in [3.05, 3.63) is 34.7 Å². The maximum absolute atomic E-state index is 11.1. The van der Waals surface area contributed by atoms with Gasteiger partial charge in [0.05, 0.1) is 0 Å². The highest BCUT2D eigenvalue weighted by Gasteiger charge is 2.00. The topological polar surface area (TPSA) is 65.8 Å². The van der Waals surface area contributed by atoms with Crippen LogP contribution in [0, 0.1) is 0 Å². The first-order valence-electron chi connectivity index (χ1n) is 4.12. The number of carbonyl (C=O) groups is 1. The Kier molecular flexibility index (Phi) is 4.04. The smallest absolute Gasteiger partial charge is 0.193 e. The number of carbonyl (C=O) groups excluding carboxylic acids is 1. The third-order valence-electron chi connectivity index (χ3n) is 1.52. The molecule has 0 aliphatic rings. The highest BCUT2D eigenvalue weighted by atomic mass is 32.2. The monoisotopic (exact) mass is 207 g/mol. The molecular weight excluding hydrogens is 198 g/mol. The van der Waals surface area contributed by atoms with Gasteiger partial charge in [0.15, 0.2) is 5.12 Å². The molecular formula is C9H9N3OS. The van der Waals surface area contributed by atoms with E-state index in [1.54, 1.807) is 24.3 Å². The second-order valence-corrected chi connectivity index (χ2v) is 3.64. The van der Waals surface area contributed by atoms with Gasteiger partial charge in [-0.05, 0) is 17.7 Å². The van der Waals surface area contributed by atoms with Crippen LogP contribution < -0.4 is 0 Å². The summed E-state index contributed by atoms with van der Waals surface area (Å²) >= 11 is 1.20. The van der Waals surface area contributed by atoms with Crippen molar-refractivity contribution >= 4 is 22.6 Å². The van der Waals surface area contributed by atoms with E-state index >= 15 is 0 Å². The predicted octanol–water partition coefficient (Wildman–Crippen LogP) is 3.66. The third kappa shape index (κ3) is 3.12. The zero-order valence-corrected chi connectivity index (χ0v) is 8.49. The maximum Gasteiger partial charge on any atom is 0.193 e. The molecule has 72 valence electrons. The number of thioether (sulfide) groups is 1. The van der Waals surface area contributed by atoms with Crippen molar-refractivity contribution in [2.75, 3.05) is 0 Å². The fraction of sp³-hybridized carbons (Fsp3) is 0.222. The summed E-state index contributed by atoms with van der Waals surface area (Å²) in [4.78, 5) is 14.6. The molecule has 1 aromatic rings. The second kappa shape index (κ2) is 5.32. The largest absolute Gasteiger partial charge is 0.287 e. The van der Waals surface area contributed by atoms with E-state index in [4.69, 9.17) is 5.53 Å². The molecule has 0 spiro atoms. The minimum absolute atomic E-state index is 0.126. The van der Waals surface area contributed by atoms with E-state index in [1.807, 2.05) is 6.92 Å². The van der Waals surface area contributed by atoms with Crippen molar-refractivity contribution in [1.29, 1.82) is 0 Å². The number of benzene rings is 1. The van der Waals surface area contributed by atoms with Gasteiger partial charge in [0.25, 0.3) is 0 Å². The fourth-order valence-electron chi connectivity index (χ4n) is 0.836. The van der Waals surface area contributed by atoms with Gasteiger partial charge in [-0.3, -0.25) is 4.79 Å². The highest BCUT2D eigenvalue weighted by Crippen LogP contribution is 2.23. The van der Waals surface area contributed by atoms with Gasteiger partial charge in [0.1, 0.15) is 0 Å². The Morgan fingerprint density at radius 2 is 2.14 bits per heavy atom. The van der Waals surface area contributed by atoms with E-state index in [-0.39, 0.29) is 5.12 Å². The van der Waals surface area contributed by atoms with Crippen LogP contribution in [0.1, 0.15) is 13.3 Å². The Hall–Kier alpha value is -1.45. The average Bonchev–Trinajstić information content (AvgIpc) is 2.21. The summed E-state index contributed by atoms with van der Waals surface area (Å²) in [5, 5.41) is 3.56. The highest BCUT2D eigenvalue weighted by molar-refractivity contribution is 8.13. The molecule has 0 heterocycles. The van der Waals surface area contributed by atoms with Crippen LogP contribution in [0.2, 0.25) is 0 Å². The van der Waals surface area contributed by atoms with Gasteiger partial charge >= 0.3 is 0 Å². The van der Waals surface area contributed by atoms with Gasteiger partial charge in [0.2, 0.25) is 0 Å². The lowest BCUT2D eigenvalue weighted by atomic mass is 10.3. The van der Waals surface area contributed by atoms with Crippen molar-refractivity contribution in [1.82, 2.24) is 0 Å². The van der Waals surface area contributed by atoms with Crippen molar-refractivity contribution in [3.63, 3.8) is 0 Å². The molecule has 0 bridgehead atoms. The Morgan fingerprint density at radius 1 is 1.50 bits per heavy atom. The molecule has 0 atom stereocenters. The molecule has 1 aromatic carbocycles. The van der Waals surface area contributed by atoms with Crippen LogP contribution in [0.3, 0.4) is 0 Å². The molecule has 0 amide bonds. The lowest BCUT2D eigenvalue weighted by Crippen LogP contribution is -1.85. The van der Waals surface area contributed by atoms with Crippen LogP contribution in [0.25, 0.3) is 10.4 Å². The molecule has 4 nitrogen and oxygen atoms in total. The minimum atomic E-state index is 0.126. The summed E-state index contributed by atoms with van der Waals surface area (Å²) in [6.07, 6.45) is 0.517. The van der Waals surface area contributed by atoms with E-state index in [0.717, 1.165) is 4.90 Å². The Labute approximate surface area is 85.9 Å². The van der Waals surface area contributed by atoms with Crippen LogP contribution >= 0.6 is 11.8 Å². The SMILES string of the molecule is CCC(=O)Sc1ccc(N=[N+]=[N-])cc1. The standard InChI is InChI=1S/C9H9N3OS/c1-2-9(13)14-8-5-3-7(4-6-8)11-12-10/h3-6H,2H2,1H3. The van der Waals surface area contributed by atoms with Crippen LogP contribution in [0.4, 0.5) is 5.69 Å². The summed E-state index contributed by atoms with van der Waals surface area (Å²) in [6.45, 7) is 1.82. The Balaban J connectivity index is 2.73. The zero-order chi connectivity index (χ0) is 10.4. The van der Waals surface area contributed by atoms with Crippen molar-refractivity contribution in [2.45, 2.75) is 18.2 Å². The summed E-state index contributed by atoms with van der Waals surface area (Å²) < 4.78 is 0. The molecule has 0 unspecified atom stereocenters. The summed E-state index contributed by atoms with van der Waals surface area (Å²) in [7, 11) is 0. The van der Waals surface area contributed by atoms with Crippen LogP contribution in [-0.4, -0.2) is 5.12 Å². The lowest BCUT2D eigenvalue weighted by molar-refractivity contribution is -0.110. The van der Waals surface area contributed by atoms with Gasteiger partial charge in [-0.25, -0.2) is 0 Å². The molecule has 1 rings (SSSR count). The van der Waals surface area contributed by atoms with Gasteiger partial charge in [-0.1, -0.05) is 35.9 Å². The molecule has 0 aliphatic heterocycles. The van der Waals surface area contributed by atoms with Gasteiger partial charge in [-0.15, -0.1) is 0 Å². The maximum atomic E-state index is 11.1. The summed E-state index contributed by atoms with van der Waals surface area (Å²) in [5.74, 6) is 0.